The minimum Gasteiger partial charge on any atom is -0.391 e. The molecule has 6 nitrogen and oxygen atoms in total. The number of nitriles is 1. The van der Waals surface area contributed by atoms with Crippen molar-refractivity contribution in [1.82, 2.24) is 15.1 Å². The average molecular weight is 328 g/mol. The average Bonchev–Trinajstić information content (AvgIpc) is 2.96. The number of aliphatic hydroxyl groups excluding tert-OH is 1. The lowest BCUT2D eigenvalue weighted by molar-refractivity contribution is 0.0590. The van der Waals surface area contributed by atoms with Crippen LogP contribution in [-0.4, -0.2) is 41.3 Å². The number of ether oxygens (including phenoxy) is 1. The smallest absolute Gasteiger partial charge is 0.0991 e. The fraction of sp³-hybridized carbons (Fsp3) is 0.444. The number of hydrogen-bond acceptors (Lipinski definition) is 5. The van der Waals surface area contributed by atoms with Gasteiger partial charge in [0.2, 0.25) is 0 Å². The Morgan fingerprint density at radius 2 is 2.08 bits per heavy atom. The summed E-state index contributed by atoms with van der Waals surface area (Å²) in [5, 5.41) is 26.4. The van der Waals surface area contributed by atoms with Gasteiger partial charge in [0.1, 0.15) is 0 Å². The quantitative estimate of drug-likeness (QED) is 0.775. The summed E-state index contributed by atoms with van der Waals surface area (Å²) in [6, 6.07) is 9.60. The summed E-state index contributed by atoms with van der Waals surface area (Å²) in [6.45, 7) is 5.16. The summed E-state index contributed by atoms with van der Waals surface area (Å²) in [5.41, 5.74) is 3.73. The van der Waals surface area contributed by atoms with Gasteiger partial charge in [-0.2, -0.15) is 10.4 Å². The number of hydrogen-bond donors (Lipinski definition) is 2. The van der Waals surface area contributed by atoms with E-state index < -0.39 is 6.10 Å². The lowest BCUT2D eigenvalue weighted by Crippen LogP contribution is -2.25. The van der Waals surface area contributed by atoms with Gasteiger partial charge >= 0.3 is 0 Å². The van der Waals surface area contributed by atoms with Crippen molar-refractivity contribution in [2.24, 2.45) is 0 Å². The highest BCUT2D eigenvalue weighted by molar-refractivity contribution is 5.40. The highest BCUT2D eigenvalue weighted by atomic mass is 16.5. The first kappa shape index (κ1) is 18.1. The first-order valence-corrected chi connectivity index (χ1v) is 8.02. The third-order valence-electron chi connectivity index (χ3n) is 4.04. The van der Waals surface area contributed by atoms with Gasteiger partial charge in [-0.15, -0.1) is 0 Å². The number of aliphatic hydroxyl groups is 1. The van der Waals surface area contributed by atoms with Crippen molar-refractivity contribution in [2.45, 2.75) is 32.4 Å². The van der Waals surface area contributed by atoms with Crippen molar-refractivity contribution in [3.05, 3.63) is 47.3 Å². The molecule has 1 aromatic heterocycles. The second-order valence-electron chi connectivity index (χ2n) is 5.83. The van der Waals surface area contributed by atoms with E-state index in [1.807, 2.05) is 29.9 Å². The first-order chi connectivity index (χ1) is 11.6. The molecule has 0 spiro atoms. The zero-order chi connectivity index (χ0) is 17.5. The summed E-state index contributed by atoms with van der Waals surface area (Å²) in [7, 11) is 1.58. The van der Waals surface area contributed by atoms with Crippen LogP contribution in [0.15, 0.2) is 30.5 Å². The number of methoxy groups -OCH3 is 1. The Morgan fingerprint density at radius 1 is 1.38 bits per heavy atom. The zero-order valence-electron chi connectivity index (χ0n) is 14.4. The van der Waals surface area contributed by atoms with Gasteiger partial charge in [-0.25, -0.2) is 4.68 Å². The van der Waals surface area contributed by atoms with Crippen LogP contribution in [0.25, 0.3) is 5.69 Å². The molecular formula is C18H24N4O2. The van der Waals surface area contributed by atoms with E-state index in [1.54, 1.807) is 19.2 Å². The fourth-order valence-electron chi connectivity index (χ4n) is 2.64. The molecule has 0 amide bonds. The fourth-order valence-corrected chi connectivity index (χ4v) is 2.64. The summed E-state index contributed by atoms with van der Waals surface area (Å²) >= 11 is 0. The predicted molar refractivity (Wildman–Crippen MR) is 91.9 cm³/mol. The molecule has 2 aromatic rings. The van der Waals surface area contributed by atoms with Crippen LogP contribution in [0.5, 0.6) is 0 Å². The lowest BCUT2D eigenvalue weighted by Gasteiger charge is -2.16. The number of nitrogens with one attached hydrogen (secondary N) is 1. The minimum absolute atomic E-state index is 0.131. The van der Waals surface area contributed by atoms with Crippen LogP contribution >= 0.6 is 0 Å². The van der Waals surface area contributed by atoms with Crippen LogP contribution in [0.4, 0.5) is 0 Å². The van der Waals surface area contributed by atoms with Crippen LogP contribution in [0.1, 0.15) is 36.2 Å². The van der Waals surface area contributed by atoms with Crippen LogP contribution in [-0.2, 0) is 4.74 Å². The number of nitrogens with zero attached hydrogens (tertiary/aromatic N) is 3. The number of rotatable bonds is 8. The molecule has 1 heterocycles. The third kappa shape index (κ3) is 4.42. The summed E-state index contributed by atoms with van der Waals surface area (Å²) < 4.78 is 6.79. The SMILES string of the molecule is COCC(O)CCNC(C)c1cnn(-c2ccc(C#N)cc2)c1C. The van der Waals surface area contributed by atoms with Crippen molar-refractivity contribution in [2.75, 3.05) is 20.3 Å². The number of benzene rings is 1. The van der Waals surface area contributed by atoms with Crippen molar-refractivity contribution >= 4 is 0 Å². The predicted octanol–water partition coefficient (Wildman–Crippen LogP) is 2.10. The molecule has 0 saturated heterocycles. The molecule has 0 radical (unpaired) electrons. The summed E-state index contributed by atoms with van der Waals surface area (Å²) in [6.07, 6.45) is 2.05. The highest BCUT2D eigenvalue weighted by Crippen LogP contribution is 2.20. The van der Waals surface area contributed by atoms with Gasteiger partial charge in [-0.05, 0) is 51.1 Å². The highest BCUT2D eigenvalue weighted by Gasteiger charge is 2.14. The van der Waals surface area contributed by atoms with Crippen LogP contribution < -0.4 is 5.32 Å². The zero-order valence-corrected chi connectivity index (χ0v) is 14.4. The van der Waals surface area contributed by atoms with Crippen LogP contribution in [0.3, 0.4) is 0 Å². The maximum absolute atomic E-state index is 9.68. The van der Waals surface area contributed by atoms with E-state index in [9.17, 15) is 5.11 Å². The molecule has 2 atom stereocenters. The molecule has 0 aliphatic heterocycles. The topological polar surface area (TPSA) is 83.1 Å². The molecule has 0 fully saturated rings. The second-order valence-corrected chi connectivity index (χ2v) is 5.83. The molecule has 2 N–H and O–H groups in total. The molecule has 24 heavy (non-hydrogen) atoms. The Balaban J connectivity index is 2.01. The Labute approximate surface area is 142 Å². The molecule has 0 saturated carbocycles. The maximum atomic E-state index is 9.68. The van der Waals surface area contributed by atoms with Crippen molar-refractivity contribution in [3.63, 3.8) is 0 Å². The van der Waals surface area contributed by atoms with Gasteiger partial charge in [0, 0.05) is 24.4 Å². The van der Waals surface area contributed by atoms with E-state index in [4.69, 9.17) is 10.00 Å². The standard InChI is InChI=1S/C18H24N4O2/c1-13(20-9-8-17(23)12-24-3)18-11-21-22(14(18)2)16-6-4-15(10-19)5-7-16/h4-7,11,13,17,20,23H,8-9,12H2,1-3H3. The van der Waals surface area contributed by atoms with Crippen molar-refractivity contribution in [3.8, 4) is 11.8 Å². The van der Waals surface area contributed by atoms with E-state index in [0.717, 1.165) is 16.9 Å². The summed E-state index contributed by atoms with van der Waals surface area (Å²) in [5.74, 6) is 0. The molecule has 0 bridgehead atoms. The van der Waals surface area contributed by atoms with Crippen molar-refractivity contribution < 1.29 is 9.84 Å². The van der Waals surface area contributed by atoms with Gasteiger partial charge in [0.25, 0.3) is 0 Å². The Kier molecular flexibility index (Phi) is 6.50. The molecule has 2 unspecified atom stereocenters. The van der Waals surface area contributed by atoms with Gasteiger partial charge in [-0.3, -0.25) is 0 Å². The molecule has 1 aromatic carbocycles. The van der Waals surface area contributed by atoms with Gasteiger partial charge in [0.05, 0.1) is 36.2 Å². The third-order valence-corrected chi connectivity index (χ3v) is 4.04. The van der Waals surface area contributed by atoms with E-state index in [0.29, 0.717) is 25.1 Å². The Bertz CT molecular complexity index is 688. The van der Waals surface area contributed by atoms with Gasteiger partial charge < -0.3 is 15.2 Å². The van der Waals surface area contributed by atoms with E-state index in [-0.39, 0.29) is 6.04 Å². The molecule has 2 rings (SSSR count). The molecule has 128 valence electrons. The Morgan fingerprint density at radius 3 is 2.71 bits per heavy atom. The van der Waals surface area contributed by atoms with E-state index in [1.165, 1.54) is 0 Å². The molecular weight excluding hydrogens is 304 g/mol. The molecule has 6 heteroatoms. The largest absolute Gasteiger partial charge is 0.391 e. The van der Waals surface area contributed by atoms with Crippen molar-refractivity contribution in [1.29, 1.82) is 5.26 Å². The van der Waals surface area contributed by atoms with Crippen LogP contribution in [0.2, 0.25) is 0 Å². The molecule has 0 aliphatic carbocycles. The normalized spacial score (nSPS) is 13.5. The van der Waals surface area contributed by atoms with Gasteiger partial charge in [-0.1, -0.05) is 0 Å². The Hall–Kier alpha value is -2.20. The second kappa shape index (κ2) is 8.60. The molecule has 0 aliphatic rings. The summed E-state index contributed by atoms with van der Waals surface area (Å²) in [4.78, 5) is 0. The monoisotopic (exact) mass is 328 g/mol. The van der Waals surface area contributed by atoms with Crippen LogP contribution in [0, 0.1) is 18.3 Å². The first-order valence-electron chi connectivity index (χ1n) is 8.02. The maximum Gasteiger partial charge on any atom is 0.0991 e. The van der Waals surface area contributed by atoms with E-state index in [2.05, 4.69) is 23.4 Å². The van der Waals surface area contributed by atoms with Gasteiger partial charge in [0.15, 0.2) is 0 Å². The number of aromatic nitrogens is 2. The van der Waals surface area contributed by atoms with E-state index >= 15 is 0 Å². The minimum atomic E-state index is -0.447. The lowest BCUT2D eigenvalue weighted by atomic mass is 10.1.